The standard InChI is InChI=1S/C23H26N6O4S/c1-2-29-22(31)20(34-23(29)19(15-25)21(30)26-7-6-24)16-27-17-4-3-5-18(14-17)33-13-10-28-8-11-32-12-9-28/h3-5,14,16,27H,2,7-13H2,1H3,(H,26,30)/b20-16+,23-19-. The Morgan fingerprint density at radius 2 is 2.12 bits per heavy atom. The zero-order valence-corrected chi connectivity index (χ0v) is 19.7. The SMILES string of the molecule is CCn1c(=O)/c(=C\Nc2cccc(OCCN3CCOCC3)c2)s/c1=C(/C#N)C(=O)NCC#N. The van der Waals surface area contributed by atoms with Crippen molar-refractivity contribution in [3.8, 4) is 17.9 Å². The van der Waals surface area contributed by atoms with Gasteiger partial charge in [-0.25, -0.2) is 0 Å². The van der Waals surface area contributed by atoms with Crippen LogP contribution in [0.2, 0.25) is 0 Å². The number of nitrogens with zero attached hydrogens (tertiary/aromatic N) is 4. The number of nitriles is 2. The first-order valence-corrected chi connectivity index (χ1v) is 11.7. The summed E-state index contributed by atoms with van der Waals surface area (Å²) in [5.74, 6) is 0.0210. The third-order valence-corrected chi connectivity index (χ3v) is 6.22. The molecule has 1 saturated heterocycles. The lowest BCUT2D eigenvalue weighted by molar-refractivity contribution is -0.115. The van der Waals surface area contributed by atoms with Gasteiger partial charge in [0.15, 0.2) is 5.57 Å². The molecule has 0 spiro atoms. The van der Waals surface area contributed by atoms with Crippen molar-refractivity contribution in [2.24, 2.45) is 0 Å². The van der Waals surface area contributed by atoms with E-state index < -0.39 is 5.91 Å². The zero-order valence-electron chi connectivity index (χ0n) is 18.9. The zero-order chi connectivity index (χ0) is 24.3. The molecule has 0 bridgehead atoms. The van der Waals surface area contributed by atoms with Crippen molar-refractivity contribution in [3.05, 3.63) is 43.8 Å². The highest BCUT2D eigenvalue weighted by molar-refractivity contribution is 7.07. The summed E-state index contributed by atoms with van der Waals surface area (Å²) in [7, 11) is 0. The van der Waals surface area contributed by atoms with Gasteiger partial charge in [0.05, 0.1) is 19.3 Å². The molecule has 2 N–H and O–H groups in total. The Morgan fingerprint density at radius 1 is 1.32 bits per heavy atom. The number of aromatic nitrogens is 1. The molecule has 0 aliphatic carbocycles. The second-order valence-corrected chi connectivity index (χ2v) is 8.30. The number of ether oxygens (including phenoxy) is 2. The normalized spacial score (nSPS) is 15.2. The van der Waals surface area contributed by atoms with E-state index in [1.54, 1.807) is 19.2 Å². The van der Waals surface area contributed by atoms with Gasteiger partial charge >= 0.3 is 0 Å². The maximum atomic E-state index is 12.8. The number of carbonyl (C=O) groups is 1. The van der Waals surface area contributed by atoms with Crippen molar-refractivity contribution in [1.82, 2.24) is 14.8 Å². The van der Waals surface area contributed by atoms with Crippen LogP contribution < -0.4 is 30.1 Å². The van der Waals surface area contributed by atoms with Crippen LogP contribution in [0.4, 0.5) is 5.69 Å². The number of anilines is 1. The van der Waals surface area contributed by atoms with Crippen LogP contribution in [0.3, 0.4) is 0 Å². The maximum absolute atomic E-state index is 12.8. The first kappa shape index (κ1) is 25.0. The number of amides is 1. The van der Waals surface area contributed by atoms with Crippen LogP contribution in [0.25, 0.3) is 11.8 Å². The van der Waals surface area contributed by atoms with E-state index in [0.29, 0.717) is 23.4 Å². The van der Waals surface area contributed by atoms with Gasteiger partial charge in [-0.05, 0) is 19.1 Å². The average molecular weight is 483 g/mol. The highest BCUT2D eigenvalue weighted by Crippen LogP contribution is 2.17. The Morgan fingerprint density at radius 3 is 2.82 bits per heavy atom. The van der Waals surface area contributed by atoms with E-state index in [9.17, 15) is 14.9 Å². The van der Waals surface area contributed by atoms with Crippen LogP contribution in [0.1, 0.15) is 6.92 Å². The van der Waals surface area contributed by atoms with Crippen LogP contribution in [0, 0.1) is 22.7 Å². The first-order chi connectivity index (χ1) is 16.6. The molecule has 1 aromatic carbocycles. The quantitative estimate of drug-likeness (QED) is 0.470. The number of benzene rings is 1. The van der Waals surface area contributed by atoms with E-state index in [-0.39, 0.29) is 22.3 Å². The third-order valence-electron chi connectivity index (χ3n) is 5.09. The van der Waals surface area contributed by atoms with Gasteiger partial charge in [0.2, 0.25) is 0 Å². The topological polar surface area (TPSA) is 132 Å². The molecule has 1 aromatic heterocycles. The molecule has 1 aliphatic rings. The number of hydrogen-bond acceptors (Lipinski definition) is 9. The number of nitrogens with one attached hydrogen (secondary N) is 2. The molecule has 0 atom stereocenters. The maximum Gasteiger partial charge on any atom is 0.270 e. The van der Waals surface area contributed by atoms with Gasteiger partial charge in [-0.15, -0.1) is 11.3 Å². The van der Waals surface area contributed by atoms with E-state index in [4.69, 9.17) is 14.7 Å². The summed E-state index contributed by atoms with van der Waals surface area (Å²) < 4.78 is 13.2. The number of hydrogen-bond donors (Lipinski definition) is 2. The molecule has 0 saturated carbocycles. The van der Waals surface area contributed by atoms with E-state index in [0.717, 1.165) is 49.9 Å². The Balaban J connectivity index is 1.76. The minimum absolute atomic E-state index is 0.200. The molecule has 0 radical (unpaired) electrons. The van der Waals surface area contributed by atoms with Crippen molar-refractivity contribution in [3.63, 3.8) is 0 Å². The fourth-order valence-corrected chi connectivity index (χ4v) is 4.42. The third kappa shape index (κ3) is 6.45. The fourth-order valence-electron chi connectivity index (χ4n) is 3.34. The van der Waals surface area contributed by atoms with Gasteiger partial charge < -0.3 is 20.1 Å². The molecule has 2 aromatic rings. The average Bonchev–Trinajstić information content (AvgIpc) is 3.17. The summed E-state index contributed by atoms with van der Waals surface area (Å²) in [6.07, 6.45) is 1.55. The molecule has 1 fully saturated rings. The summed E-state index contributed by atoms with van der Waals surface area (Å²) in [6.45, 7) is 6.51. The van der Waals surface area contributed by atoms with Crippen LogP contribution in [0.15, 0.2) is 29.1 Å². The molecule has 2 heterocycles. The Hall–Kier alpha value is -3.64. The first-order valence-electron chi connectivity index (χ1n) is 10.9. The molecule has 1 amide bonds. The van der Waals surface area contributed by atoms with E-state index in [1.807, 2.05) is 30.3 Å². The second kappa shape index (κ2) is 12.6. The lowest BCUT2D eigenvalue weighted by Crippen LogP contribution is -2.38. The fraction of sp³-hybridized carbons (Fsp3) is 0.391. The van der Waals surface area contributed by atoms with Crippen molar-refractivity contribution in [2.75, 3.05) is 51.3 Å². The lowest BCUT2D eigenvalue weighted by Gasteiger charge is -2.26. The molecule has 1 aliphatic heterocycles. The molecule has 178 valence electrons. The molecule has 34 heavy (non-hydrogen) atoms. The van der Waals surface area contributed by atoms with Gasteiger partial charge in [0.25, 0.3) is 11.5 Å². The number of morpholine rings is 1. The van der Waals surface area contributed by atoms with Crippen molar-refractivity contribution >= 4 is 34.7 Å². The van der Waals surface area contributed by atoms with E-state index >= 15 is 0 Å². The van der Waals surface area contributed by atoms with Gasteiger partial charge in [-0.2, -0.15) is 10.5 Å². The molecule has 3 rings (SSSR count). The van der Waals surface area contributed by atoms with Crippen LogP contribution >= 0.6 is 11.3 Å². The highest BCUT2D eigenvalue weighted by atomic mass is 32.1. The summed E-state index contributed by atoms with van der Waals surface area (Å²) in [5.41, 5.74) is 0.223. The van der Waals surface area contributed by atoms with E-state index in [1.165, 1.54) is 4.57 Å². The molecule has 11 heteroatoms. The predicted octanol–water partition coefficient (Wildman–Crippen LogP) is -0.195. The van der Waals surface area contributed by atoms with Crippen LogP contribution in [-0.4, -0.2) is 61.4 Å². The summed E-state index contributed by atoms with van der Waals surface area (Å²) in [5, 5.41) is 23.6. The van der Waals surface area contributed by atoms with Crippen molar-refractivity contribution in [2.45, 2.75) is 13.5 Å². The Kier molecular flexibility index (Phi) is 9.23. The summed E-state index contributed by atoms with van der Waals surface area (Å²) in [4.78, 5) is 27.4. The highest BCUT2D eigenvalue weighted by Gasteiger charge is 2.15. The number of carbonyl (C=O) groups excluding carboxylic acids is 1. The minimum atomic E-state index is -0.686. The lowest BCUT2D eigenvalue weighted by atomic mass is 10.3. The Bertz CT molecular complexity index is 1260. The molecular formula is C23H26N6O4S. The smallest absolute Gasteiger partial charge is 0.270 e. The van der Waals surface area contributed by atoms with Gasteiger partial charge in [-0.3, -0.25) is 19.1 Å². The van der Waals surface area contributed by atoms with Crippen molar-refractivity contribution < 1.29 is 14.3 Å². The van der Waals surface area contributed by atoms with Crippen LogP contribution in [-0.2, 0) is 16.1 Å². The van der Waals surface area contributed by atoms with E-state index in [2.05, 4.69) is 15.5 Å². The number of rotatable bonds is 9. The molecule has 10 nitrogen and oxygen atoms in total. The van der Waals surface area contributed by atoms with Crippen LogP contribution in [0.5, 0.6) is 5.75 Å². The van der Waals surface area contributed by atoms with Gasteiger partial charge in [0.1, 0.15) is 34.2 Å². The molecular weight excluding hydrogens is 456 g/mol. The largest absolute Gasteiger partial charge is 0.492 e. The monoisotopic (exact) mass is 482 g/mol. The molecule has 0 unspecified atom stereocenters. The Labute approximate surface area is 200 Å². The van der Waals surface area contributed by atoms with Crippen molar-refractivity contribution in [1.29, 1.82) is 10.5 Å². The second-order valence-electron chi connectivity index (χ2n) is 7.27. The summed E-state index contributed by atoms with van der Waals surface area (Å²) >= 11 is 1.04. The van der Waals surface area contributed by atoms with Gasteiger partial charge in [-0.1, -0.05) is 6.07 Å². The van der Waals surface area contributed by atoms with Gasteiger partial charge in [0, 0.05) is 44.1 Å². The minimum Gasteiger partial charge on any atom is -0.492 e. The summed E-state index contributed by atoms with van der Waals surface area (Å²) in [6, 6.07) is 11.0. The predicted molar refractivity (Wildman–Crippen MR) is 128 cm³/mol. The number of thiazole rings is 1.